The minimum Gasteiger partial charge on any atom is -0.285 e. The Kier molecular flexibility index (Phi) is 5.00. The Labute approximate surface area is 74.2 Å². The van der Waals surface area contributed by atoms with Crippen LogP contribution in [0, 0.1) is 0 Å². The second kappa shape index (κ2) is 5.52. The number of hydrogen-bond acceptors (Lipinski definition) is 2. The molecule has 0 fully saturated rings. The third-order valence-corrected chi connectivity index (χ3v) is 1.51. The monoisotopic (exact) mass is 167 g/mol. The first-order chi connectivity index (χ1) is 5.57. The van der Waals surface area contributed by atoms with Gasteiger partial charge in [-0.3, -0.25) is 5.43 Å². The minimum atomic E-state index is 0.213. The van der Waals surface area contributed by atoms with Gasteiger partial charge in [-0.15, -0.1) is 0 Å². The largest absolute Gasteiger partial charge is 0.285 e. The van der Waals surface area contributed by atoms with Gasteiger partial charge >= 0.3 is 0 Å². The maximum atomic E-state index is 3.80. The molecule has 1 atom stereocenters. The Bertz CT molecular complexity index is 204. The molecule has 3 heteroatoms. The summed E-state index contributed by atoms with van der Waals surface area (Å²) in [4.78, 5) is 0. The molecule has 12 heavy (non-hydrogen) atoms. The topological polar surface area (TPSA) is 36.8 Å². The molecular formula is C9H17N3. The molecule has 1 unspecified atom stereocenters. The van der Waals surface area contributed by atoms with Crippen molar-refractivity contribution >= 4 is 0 Å². The molecule has 0 radical (unpaired) electrons. The first-order valence-corrected chi connectivity index (χ1v) is 3.96. The normalized spacial score (nSPS) is 14.8. The zero-order valence-electron chi connectivity index (χ0n) is 8.26. The van der Waals surface area contributed by atoms with Crippen LogP contribution in [0.2, 0.25) is 0 Å². The second-order valence-corrected chi connectivity index (χ2v) is 2.89. The molecule has 3 nitrogen and oxygen atoms in total. The first-order valence-electron chi connectivity index (χ1n) is 3.96. The van der Waals surface area contributed by atoms with Crippen molar-refractivity contribution in [3.8, 4) is 0 Å². The lowest BCUT2D eigenvalue weighted by Gasteiger charge is -2.10. The van der Waals surface area contributed by atoms with E-state index in [1.807, 2.05) is 26.8 Å². The highest BCUT2D eigenvalue weighted by atomic mass is 15.4. The van der Waals surface area contributed by atoms with Crippen molar-refractivity contribution in [2.45, 2.75) is 26.8 Å². The van der Waals surface area contributed by atoms with E-state index < -0.39 is 0 Å². The predicted octanol–water partition coefficient (Wildman–Crippen LogP) is 2.48. The van der Waals surface area contributed by atoms with Crippen LogP contribution < -0.4 is 5.43 Å². The van der Waals surface area contributed by atoms with Gasteiger partial charge in [0.15, 0.2) is 0 Å². The molecule has 1 N–H and O–H groups in total. The lowest BCUT2D eigenvalue weighted by Crippen LogP contribution is -2.21. The molecule has 0 amide bonds. The van der Waals surface area contributed by atoms with Crippen LogP contribution in [-0.2, 0) is 0 Å². The van der Waals surface area contributed by atoms with Crippen molar-refractivity contribution in [2.75, 3.05) is 7.05 Å². The second-order valence-electron chi connectivity index (χ2n) is 2.89. The zero-order valence-corrected chi connectivity index (χ0v) is 8.26. The molecule has 68 valence electrons. The predicted molar refractivity (Wildman–Crippen MR) is 51.9 cm³/mol. The van der Waals surface area contributed by atoms with Crippen LogP contribution >= 0.6 is 0 Å². The van der Waals surface area contributed by atoms with Gasteiger partial charge in [-0.2, -0.15) is 5.11 Å². The highest BCUT2D eigenvalue weighted by molar-refractivity contribution is 5.20. The van der Waals surface area contributed by atoms with Crippen LogP contribution in [-0.4, -0.2) is 13.1 Å². The van der Waals surface area contributed by atoms with Crippen molar-refractivity contribution in [1.82, 2.24) is 5.43 Å². The Hall–Kier alpha value is -1.12. The summed E-state index contributed by atoms with van der Waals surface area (Å²) in [5.74, 6) is 0. The summed E-state index contributed by atoms with van der Waals surface area (Å²) in [5.41, 5.74) is 5.14. The lowest BCUT2D eigenvalue weighted by molar-refractivity contribution is 0.607. The molecule has 0 aromatic heterocycles. The van der Waals surface area contributed by atoms with E-state index in [2.05, 4.69) is 22.3 Å². The van der Waals surface area contributed by atoms with Gasteiger partial charge in [0.05, 0.1) is 13.1 Å². The van der Waals surface area contributed by atoms with Gasteiger partial charge < -0.3 is 0 Å². The molecule has 0 aliphatic carbocycles. The summed E-state index contributed by atoms with van der Waals surface area (Å²) >= 11 is 0. The van der Waals surface area contributed by atoms with E-state index in [1.54, 1.807) is 7.05 Å². The molecule has 0 saturated carbocycles. The molecule has 0 aliphatic rings. The van der Waals surface area contributed by atoms with Crippen LogP contribution in [0.4, 0.5) is 0 Å². The summed E-state index contributed by atoms with van der Waals surface area (Å²) in [6.07, 6.45) is 2.03. The SMILES string of the molecule is C=C(C)/C=C(/C)C(C)NN=NC. The summed E-state index contributed by atoms with van der Waals surface area (Å²) < 4.78 is 0. The fourth-order valence-electron chi connectivity index (χ4n) is 0.760. The van der Waals surface area contributed by atoms with Gasteiger partial charge in [0, 0.05) is 0 Å². The molecule has 0 spiro atoms. The number of nitrogens with zero attached hydrogens (tertiary/aromatic N) is 2. The smallest absolute Gasteiger partial charge is 0.0638 e. The fraction of sp³-hybridized carbons (Fsp3) is 0.556. The van der Waals surface area contributed by atoms with Gasteiger partial charge in [-0.1, -0.05) is 23.5 Å². The highest BCUT2D eigenvalue weighted by Crippen LogP contribution is 2.04. The van der Waals surface area contributed by atoms with Crippen molar-refractivity contribution in [1.29, 1.82) is 0 Å². The Balaban J connectivity index is 4.08. The van der Waals surface area contributed by atoms with E-state index in [9.17, 15) is 0 Å². The summed E-state index contributed by atoms with van der Waals surface area (Å²) in [5, 5.41) is 7.31. The Morgan fingerprint density at radius 1 is 1.50 bits per heavy atom. The van der Waals surface area contributed by atoms with Gasteiger partial charge in [0.25, 0.3) is 0 Å². The van der Waals surface area contributed by atoms with Crippen LogP contribution in [0.25, 0.3) is 0 Å². The van der Waals surface area contributed by atoms with Crippen molar-refractivity contribution in [3.63, 3.8) is 0 Å². The van der Waals surface area contributed by atoms with Crippen LogP contribution in [0.3, 0.4) is 0 Å². The zero-order chi connectivity index (χ0) is 9.56. The van der Waals surface area contributed by atoms with E-state index in [4.69, 9.17) is 0 Å². The van der Waals surface area contributed by atoms with Gasteiger partial charge in [-0.25, -0.2) is 0 Å². The van der Waals surface area contributed by atoms with Crippen molar-refractivity contribution in [2.24, 2.45) is 10.3 Å². The van der Waals surface area contributed by atoms with Crippen LogP contribution in [0.5, 0.6) is 0 Å². The quantitative estimate of drug-likeness (QED) is 0.390. The highest BCUT2D eigenvalue weighted by Gasteiger charge is 2.00. The lowest BCUT2D eigenvalue weighted by atomic mass is 10.1. The maximum absolute atomic E-state index is 3.80. The summed E-state index contributed by atoms with van der Waals surface area (Å²) in [7, 11) is 1.64. The van der Waals surface area contributed by atoms with Gasteiger partial charge in [0.1, 0.15) is 0 Å². The molecule has 0 saturated heterocycles. The van der Waals surface area contributed by atoms with E-state index in [0.29, 0.717) is 0 Å². The maximum Gasteiger partial charge on any atom is 0.0638 e. The van der Waals surface area contributed by atoms with Crippen LogP contribution in [0.15, 0.2) is 34.1 Å². The average molecular weight is 167 g/mol. The Morgan fingerprint density at radius 3 is 2.50 bits per heavy atom. The Morgan fingerprint density at radius 2 is 2.08 bits per heavy atom. The first kappa shape index (κ1) is 10.9. The number of nitrogens with one attached hydrogen (secondary N) is 1. The number of hydrogen-bond donors (Lipinski definition) is 1. The average Bonchev–Trinajstić information content (AvgIpc) is 1.98. The van der Waals surface area contributed by atoms with Crippen molar-refractivity contribution < 1.29 is 0 Å². The number of allylic oxidation sites excluding steroid dienone is 2. The van der Waals surface area contributed by atoms with E-state index in [-0.39, 0.29) is 6.04 Å². The van der Waals surface area contributed by atoms with Crippen LogP contribution in [0.1, 0.15) is 20.8 Å². The molecule has 0 bridgehead atoms. The van der Waals surface area contributed by atoms with E-state index >= 15 is 0 Å². The summed E-state index contributed by atoms with van der Waals surface area (Å²) in [6, 6.07) is 0.213. The molecule has 0 aromatic carbocycles. The molecule has 0 rings (SSSR count). The van der Waals surface area contributed by atoms with E-state index in [0.717, 1.165) is 5.57 Å². The number of rotatable bonds is 4. The third-order valence-electron chi connectivity index (χ3n) is 1.51. The minimum absolute atomic E-state index is 0.213. The van der Waals surface area contributed by atoms with Crippen molar-refractivity contribution in [3.05, 3.63) is 23.8 Å². The molecule has 0 heterocycles. The summed E-state index contributed by atoms with van der Waals surface area (Å²) in [6.45, 7) is 9.84. The standard InChI is InChI=1S/C9H17N3/c1-7(2)6-8(3)9(4)11-12-10-5/h6,9H,1H2,2-5H3,(H,10,11)/b8-6-. The van der Waals surface area contributed by atoms with Gasteiger partial charge in [0.2, 0.25) is 0 Å². The fourth-order valence-corrected chi connectivity index (χ4v) is 0.760. The molecule has 0 aromatic rings. The third kappa shape index (κ3) is 4.66. The van der Waals surface area contributed by atoms with E-state index in [1.165, 1.54) is 5.57 Å². The molecule has 0 aliphatic heterocycles. The molecular weight excluding hydrogens is 150 g/mol. The van der Waals surface area contributed by atoms with Gasteiger partial charge in [-0.05, 0) is 26.3 Å².